The zero-order valence-corrected chi connectivity index (χ0v) is 22.9. The highest BCUT2D eigenvalue weighted by molar-refractivity contribution is 5.97. The zero-order valence-electron chi connectivity index (χ0n) is 22.9. The molecule has 0 spiro atoms. The number of hydrogen-bond donors (Lipinski definition) is 3. The maximum atomic E-state index is 12.7. The highest BCUT2D eigenvalue weighted by Gasteiger charge is 2.35. The zero-order chi connectivity index (χ0) is 26.8. The van der Waals surface area contributed by atoms with Crippen LogP contribution in [0.1, 0.15) is 109 Å². The molecule has 1 aromatic rings. The van der Waals surface area contributed by atoms with Gasteiger partial charge in [0.2, 0.25) is 17.6 Å². The van der Waals surface area contributed by atoms with Gasteiger partial charge in [0, 0.05) is 6.08 Å². The van der Waals surface area contributed by atoms with E-state index in [1.807, 2.05) is 6.92 Å². The summed E-state index contributed by atoms with van der Waals surface area (Å²) in [5, 5.41) is 12.9. The summed E-state index contributed by atoms with van der Waals surface area (Å²) in [7, 11) is 2.87. The first-order valence-electron chi connectivity index (χ1n) is 13.6. The second-order valence-electron chi connectivity index (χ2n) is 9.54. The lowest BCUT2D eigenvalue weighted by molar-refractivity contribution is -0.130. The molecular weight excluding hydrogens is 456 g/mol. The summed E-state index contributed by atoms with van der Waals surface area (Å²) < 4.78 is 10.3. The van der Waals surface area contributed by atoms with Crippen LogP contribution < -0.4 is 20.5 Å². The highest BCUT2D eigenvalue weighted by Crippen LogP contribution is 2.37. The number of primary amides is 1. The van der Waals surface area contributed by atoms with Crippen molar-refractivity contribution >= 4 is 17.9 Å². The van der Waals surface area contributed by atoms with E-state index < -0.39 is 17.4 Å². The molecule has 7 nitrogen and oxygen atoms in total. The molecule has 1 aromatic carbocycles. The topological polar surface area (TPSA) is 111 Å². The molecule has 0 fully saturated rings. The smallest absolute Gasteiger partial charge is 0.244 e. The summed E-state index contributed by atoms with van der Waals surface area (Å²) in [4.78, 5) is 25.0. The Morgan fingerprint density at radius 1 is 0.889 bits per heavy atom. The van der Waals surface area contributed by atoms with E-state index in [-0.39, 0.29) is 17.2 Å². The van der Waals surface area contributed by atoms with Crippen LogP contribution in [0.2, 0.25) is 0 Å². The lowest BCUT2D eigenvalue weighted by atomic mass is 9.88. The van der Waals surface area contributed by atoms with Gasteiger partial charge in [0.05, 0.1) is 14.2 Å². The van der Waals surface area contributed by atoms with Crippen LogP contribution in [0.4, 0.5) is 0 Å². The maximum Gasteiger partial charge on any atom is 0.244 e. The van der Waals surface area contributed by atoms with Gasteiger partial charge in [0.15, 0.2) is 11.5 Å². The van der Waals surface area contributed by atoms with Crippen molar-refractivity contribution in [1.29, 1.82) is 0 Å². The largest absolute Gasteiger partial charge is 0.502 e. The normalized spacial score (nSPS) is 12.9. The van der Waals surface area contributed by atoms with Crippen LogP contribution in [0, 0.1) is 0 Å². The first-order chi connectivity index (χ1) is 17.3. The minimum atomic E-state index is -1.07. The van der Waals surface area contributed by atoms with Crippen LogP contribution in [0.25, 0.3) is 6.08 Å². The number of unbranched alkanes of at least 4 members (excludes halogenated alkanes) is 11. The molecule has 0 aromatic heterocycles. The average molecular weight is 505 g/mol. The van der Waals surface area contributed by atoms with Gasteiger partial charge in [0.25, 0.3) is 0 Å². The Hall–Kier alpha value is -2.70. The molecule has 1 unspecified atom stereocenters. The number of methoxy groups -OCH3 is 2. The first kappa shape index (κ1) is 31.3. The van der Waals surface area contributed by atoms with E-state index in [0.717, 1.165) is 19.3 Å². The molecular formula is C29H48N2O5. The van der Waals surface area contributed by atoms with Gasteiger partial charge >= 0.3 is 0 Å². The fourth-order valence-electron chi connectivity index (χ4n) is 4.41. The monoisotopic (exact) mass is 504 g/mol. The number of aromatic hydroxyl groups is 1. The Morgan fingerprint density at radius 2 is 1.36 bits per heavy atom. The predicted octanol–water partition coefficient (Wildman–Crippen LogP) is 6.26. The van der Waals surface area contributed by atoms with Crippen LogP contribution in [0.5, 0.6) is 17.2 Å². The molecule has 0 radical (unpaired) electrons. The van der Waals surface area contributed by atoms with Crippen molar-refractivity contribution in [1.82, 2.24) is 5.32 Å². The second kappa shape index (κ2) is 17.7. The average Bonchev–Trinajstić information content (AvgIpc) is 2.87. The van der Waals surface area contributed by atoms with Gasteiger partial charge in [0.1, 0.15) is 5.54 Å². The molecule has 1 atom stereocenters. The third-order valence-electron chi connectivity index (χ3n) is 6.82. The number of hydrogen-bond acceptors (Lipinski definition) is 5. The number of nitrogens with two attached hydrogens (primary N) is 1. The summed E-state index contributed by atoms with van der Waals surface area (Å²) in [6.45, 7) is 4.11. The van der Waals surface area contributed by atoms with Gasteiger partial charge in [-0.3, -0.25) is 9.59 Å². The molecule has 0 aliphatic heterocycles. The Morgan fingerprint density at radius 3 is 1.78 bits per heavy atom. The molecule has 36 heavy (non-hydrogen) atoms. The SMILES string of the molecule is CCCCCCCCCCCCCCC(CC)(NC(=O)/C=C\c1cc(OC)c(O)c(OC)c1)C(N)=O. The van der Waals surface area contributed by atoms with E-state index in [1.165, 1.54) is 78.1 Å². The molecule has 7 heteroatoms. The minimum absolute atomic E-state index is 0.109. The van der Waals surface area contributed by atoms with Crippen LogP contribution in [0.15, 0.2) is 18.2 Å². The molecule has 0 saturated carbocycles. The molecule has 0 saturated heterocycles. The Bertz CT molecular complexity index is 799. The predicted molar refractivity (Wildman–Crippen MR) is 146 cm³/mol. The minimum Gasteiger partial charge on any atom is -0.502 e. The van der Waals surface area contributed by atoms with Crippen molar-refractivity contribution in [3.05, 3.63) is 23.8 Å². The summed E-state index contributed by atoms with van der Waals surface area (Å²) in [6.07, 6.45) is 18.7. The van der Waals surface area contributed by atoms with E-state index in [2.05, 4.69) is 12.2 Å². The van der Waals surface area contributed by atoms with Crippen LogP contribution in [-0.2, 0) is 9.59 Å². The lowest BCUT2D eigenvalue weighted by Crippen LogP contribution is -2.56. The fourth-order valence-corrected chi connectivity index (χ4v) is 4.41. The molecule has 0 bridgehead atoms. The van der Waals surface area contributed by atoms with Crippen LogP contribution in [-0.4, -0.2) is 36.7 Å². The van der Waals surface area contributed by atoms with Gasteiger partial charge in [-0.25, -0.2) is 0 Å². The Balaban J connectivity index is 2.52. The number of phenolic OH excluding ortho intramolecular Hbond substituents is 1. The third-order valence-corrected chi connectivity index (χ3v) is 6.82. The van der Waals surface area contributed by atoms with E-state index in [0.29, 0.717) is 18.4 Å². The maximum absolute atomic E-state index is 12.7. The molecule has 0 aliphatic carbocycles. The number of rotatable bonds is 20. The Labute approximate surface area is 217 Å². The molecule has 2 amide bonds. The molecule has 1 rings (SSSR count). The number of benzene rings is 1. The standard InChI is InChI=1S/C29H48N2O5/c1-5-7-8-9-10-11-12-13-14-15-16-17-20-29(6-2,28(30)34)31-26(32)19-18-23-21-24(35-3)27(33)25(22-23)36-4/h18-19,21-22,33H,5-17,20H2,1-4H3,(H2,30,34)(H,31,32)/b19-18-. The first-order valence-corrected chi connectivity index (χ1v) is 13.6. The number of phenols is 1. The van der Waals surface area contributed by atoms with Crippen molar-refractivity contribution in [3.8, 4) is 17.2 Å². The van der Waals surface area contributed by atoms with E-state index >= 15 is 0 Å². The highest BCUT2D eigenvalue weighted by atomic mass is 16.5. The van der Waals surface area contributed by atoms with Gasteiger partial charge in [-0.2, -0.15) is 0 Å². The van der Waals surface area contributed by atoms with Crippen molar-refractivity contribution in [2.24, 2.45) is 5.73 Å². The van der Waals surface area contributed by atoms with Crippen LogP contribution >= 0.6 is 0 Å². The van der Waals surface area contributed by atoms with Gasteiger partial charge in [-0.1, -0.05) is 90.9 Å². The van der Waals surface area contributed by atoms with E-state index in [9.17, 15) is 14.7 Å². The molecule has 204 valence electrons. The second-order valence-corrected chi connectivity index (χ2v) is 9.54. The molecule has 4 N–H and O–H groups in total. The van der Waals surface area contributed by atoms with Gasteiger partial charge in [-0.15, -0.1) is 0 Å². The number of amides is 2. The van der Waals surface area contributed by atoms with Gasteiger partial charge in [-0.05, 0) is 36.6 Å². The number of carbonyl (C=O) groups is 2. The van der Waals surface area contributed by atoms with Crippen LogP contribution in [0.3, 0.4) is 0 Å². The van der Waals surface area contributed by atoms with E-state index in [1.54, 1.807) is 18.2 Å². The molecule has 0 heterocycles. The molecule has 0 aliphatic rings. The van der Waals surface area contributed by atoms with Crippen molar-refractivity contribution in [2.75, 3.05) is 14.2 Å². The number of ether oxygens (including phenoxy) is 2. The van der Waals surface area contributed by atoms with Crippen molar-refractivity contribution in [3.63, 3.8) is 0 Å². The quantitative estimate of drug-likeness (QED) is 0.143. The summed E-state index contributed by atoms with van der Waals surface area (Å²) >= 11 is 0. The lowest BCUT2D eigenvalue weighted by Gasteiger charge is -2.30. The summed E-state index contributed by atoms with van der Waals surface area (Å²) in [5.41, 5.74) is 5.28. The number of nitrogens with one attached hydrogen (secondary N) is 1. The third kappa shape index (κ3) is 10.9. The van der Waals surface area contributed by atoms with Gasteiger partial charge < -0.3 is 25.6 Å². The Kier molecular flexibility index (Phi) is 15.4. The summed E-state index contributed by atoms with van der Waals surface area (Å²) in [5.74, 6) is -0.547. The number of carbonyl (C=O) groups excluding carboxylic acids is 2. The fraction of sp³-hybridized carbons (Fsp3) is 0.655. The van der Waals surface area contributed by atoms with E-state index in [4.69, 9.17) is 15.2 Å². The van der Waals surface area contributed by atoms with Crippen molar-refractivity contribution in [2.45, 2.75) is 109 Å². The van der Waals surface area contributed by atoms with Crippen molar-refractivity contribution < 1.29 is 24.2 Å². The summed E-state index contributed by atoms with van der Waals surface area (Å²) in [6, 6.07) is 3.19.